The Bertz CT molecular complexity index is 834. The molecule has 31 heavy (non-hydrogen) atoms. The molecule has 0 aliphatic rings. The zero-order valence-electron chi connectivity index (χ0n) is 17.6. The van der Waals surface area contributed by atoms with Crippen LogP contribution in [0.1, 0.15) is 15.9 Å². The number of halogens is 3. The number of methoxy groups -OCH3 is 1. The number of guanidine groups is 1. The lowest BCUT2D eigenvalue weighted by molar-refractivity contribution is -0.0498. The molecule has 10 heteroatoms. The van der Waals surface area contributed by atoms with Crippen LogP contribution in [0.15, 0.2) is 53.5 Å². The number of hydrogen-bond acceptors (Lipinski definition) is 4. The van der Waals surface area contributed by atoms with E-state index in [9.17, 15) is 13.6 Å². The van der Waals surface area contributed by atoms with Gasteiger partial charge in [0.2, 0.25) is 0 Å². The van der Waals surface area contributed by atoms with Gasteiger partial charge in [0.1, 0.15) is 11.5 Å². The van der Waals surface area contributed by atoms with Gasteiger partial charge in [-0.2, -0.15) is 8.78 Å². The molecule has 2 aromatic carbocycles. The maximum Gasteiger partial charge on any atom is 0.387 e. The zero-order chi connectivity index (χ0) is 21.9. The summed E-state index contributed by atoms with van der Waals surface area (Å²) in [6, 6.07) is 13.3. The number of nitrogens with one attached hydrogen (secondary N) is 2. The number of carbonyl (C=O) groups is 1. The van der Waals surface area contributed by atoms with Crippen LogP contribution in [0.2, 0.25) is 0 Å². The SMILES string of the molecule is CN=C(NCCNC(=O)c1ccc(OC)cc1)N(C)Cc1ccc(OC(F)F)cc1.I. The predicted octanol–water partition coefficient (Wildman–Crippen LogP) is 3.35. The molecule has 1 amide bonds. The molecular formula is C21H27F2IN4O3. The first-order valence-electron chi connectivity index (χ1n) is 9.30. The third-order valence-corrected chi connectivity index (χ3v) is 4.19. The van der Waals surface area contributed by atoms with Gasteiger partial charge in [0.25, 0.3) is 5.91 Å². The highest BCUT2D eigenvalue weighted by Crippen LogP contribution is 2.15. The average molecular weight is 548 g/mol. The molecule has 0 unspecified atom stereocenters. The minimum Gasteiger partial charge on any atom is -0.497 e. The van der Waals surface area contributed by atoms with Crippen molar-refractivity contribution in [2.24, 2.45) is 4.99 Å². The molecule has 0 radical (unpaired) electrons. The van der Waals surface area contributed by atoms with Crippen LogP contribution in [0.4, 0.5) is 8.78 Å². The summed E-state index contributed by atoms with van der Waals surface area (Å²) in [7, 11) is 5.09. The topological polar surface area (TPSA) is 75.2 Å². The first-order valence-corrected chi connectivity index (χ1v) is 9.30. The number of amides is 1. The normalized spacial score (nSPS) is 10.8. The van der Waals surface area contributed by atoms with E-state index >= 15 is 0 Å². The van der Waals surface area contributed by atoms with Gasteiger partial charge in [-0.3, -0.25) is 9.79 Å². The zero-order valence-corrected chi connectivity index (χ0v) is 19.9. The van der Waals surface area contributed by atoms with Crippen LogP contribution in [0, 0.1) is 0 Å². The molecule has 2 aromatic rings. The summed E-state index contributed by atoms with van der Waals surface area (Å²) < 4.78 is 33.9. The van der Waals surface area contributed by atoms with Crippen LogP contribution >= 0.6 is 24.0 Å². The Labute approximate surface area is 197 Å². The fourth-order valence-electron chi connectivity index (χ4n) is 2.70. The van der Waals surface area contributed by atoms with Crippen molar-refractivity contribution in [3.05, 3.63) is 59.7 Å². The summed E-state index contributed by atoms with van der Waals surface area (Å²) in [5.41, 5.74) is 1.46. The van der Waals surface area contributed by atoms with Crippen LogP contribution in [-0.2, 0) is 6.54 Å². The van der Waals surface area contributed by atoms with E-state index in [1.807, 2.05) is 11.9 Å². The van der Waals surface area contributed by atoms with Crippen LogP contribution in [0.3, 0.4) is 0 Å². The monoisotopic (exact) mass is 548 g/mol. The van der Waals surface area contributed by atoms with E-state index in [-0.39, 0.29) is 35.6 Å². The lowest BCUT2D eigenvalue weighted by Crippen LogP contribution is -2.42. The van der Waals surface area contributed by atoms with Crippen molar-refractivity contribution in [3.8, 4) is 11.5 Å². The fraction of sp³-hybridized carbons (Fsp3) is 0.333. The van der Waals surface area contributed by atoms with Crippen molar-refractivity contribution in [1.29, 1.82) is 0 Å². The standard InChI is InChI=1S/C21H26F2N4O3.HI/c1-24-21(27(2)14-15-4-8-18(9-5-15)30-20(22)23)26-13-12-25-19(28)16-6-10-17(29-3)11-7-16;/h4-11,20H,12-14H2,1-3H3,(H,24,26)(H,25,28);1H. The number of hydrogen-bond donors (Lipinski definition) is 2. The van der Waals surface area contributed by atoms with Crippen molar-refractivity contribution in [2.75, 3.05) is 34.3 Å². The summed E-state index contributed by atoms with van der Waals surface area (Å²) in [4.78, 5) is 18.2. The van der Waals surface area contributed by atoms with E-state index in [1.54, 1.807) is 50.6 Å². The van der Waals surface area contributed by atoms with Crippen molar-refractivity contribution in [2.45, 2.75) is 13.2 Å². The molecule has 2 rings (SSSR count). The third kappa shape index (κ3) is 8.95. The predicted molar refractivity (Wildman–Crippen MR) is 127 cm³/mol. The quantitative estimate of drug-likeness (QED) is 0.218. The Morgan fingerprint density at radius 1 is 1.03 bits per heavy atom. The van der Waals surface area contributed by atoms with Gasteiger partial charge in [-0.15, -0.1) is 24.0 Å². The Kier molecular flexibility index (Phi) is 11.6. The van der Waals surface area contributed by atoms with E-state index in [0.717, 1.165) is 5.56 Å². The van der Waals surface area contributed by atoms with Gasteiger partial charge >= 0.3 is 6.61 Å². The highest BCUT2D eigenvalue weighted by atomic mass is 127. The van der Waals surface area contributed by atoms with Crippen molar-refractivity contribution >= 4 is 35.8 Å². The number of ether oxygens (including phenoxy) is 2. The molecule has 0 aromatic heterocycles. The molecule has 7 nitrogen and oxygen atoms in total. The molecule has 0 bridgehead atoms. The van der Waals surface area contributed by atoms with Crippen molar-refractivity contribution in [3.63, 3.8) is 0 Å². The van der Waals surface area contributed by atoms with Gasteiger partial charge in [-0.25, -0.2) is 0 Å². The molecule has 0 fully saturated rings. The van der Waals surface area contributed by atoms with Crippen molar-refractivity contribution < 1.29 is 23.0 Å². The number of aliphatic imine (C=N–C) groups is 1. The summed E-state index contributed by atoms with van der Waals surface area (Å²) in [6.07, 6.45) is 0. The number of nitrogens with zero attached hydrogens (tertiary/aromatic N) is 2. The molecule has 0 aliphatic carbocycles. The smallest absolute Gasteiger partial charge is 0.387 e. The van der Waals surface area contributed by atoms with Crippen LogP contribution in [0.5, 0.6) is 11.5 Å². The number of carbonyl (C=O) groups excluding carboxylic acids is 1. The summed E-state index contributed by atoms with van der Waals surface area (Å²) in [5.74, 6) is 1.28. The third-order valence-electron chi connectivity index (χ3n) is 4.19. The second-order valence-electron chi connectivity index (χ2n) is 6.34. The molecule has 0 spiro atoms. The minimum absolute atomic E-state index is 0. The van der Waals surface area contributed by atoms with Gasteiger partial charge < -0.3 is 25.0 Å². The molecular weight excluding hydrogens is 521 g/mol. The van der Waals surface area contributed by atoms with Gasteiger partial charge in [-0.05, 0) is 42.0 Å². The van der Waals surface area contributed by atoms with Crippen LogP contribution in [0.25, 0.3) is 0 Å². The maximum atomic E-state index is 12.2. The maximum absolute atomic E-state index is 12.2. The molecule has 2 N–H and O–H groups in total. The largest absolute Gasteiger partial charge is 0.497 e. The Morgan fingerprint density at radius 3 is 2.16 bits per heavy atom. The molecule has 0 atom stereocenters. The summed E-state index contributed by atoms with van der Waals surface area (Å²) in [5, 5.41) is 6.00. The molecule has 0 heterocycles. The Morgan fingerprint density at radius 2 is 1.61 bits per heavy atom. The second kappa shape index (κ2) is 13.6. The van der Waals surface area contributed by atoms with Crippen LogP contribution < -0.4 is 20.1 Å². The summed E-state index contributed by atoms with van der Waals surface area (Å²) >= 11 is 0. The Balaban J connectivity index is 0.00000480. The average Bonchev–Trinajstić information content (AvgIpc) is 2.74. The van der Waals surface area contributed by atoms with E-state index in [4.69, 9.17) is 4.74 Å². The summed E-state index contributed by atoms with van der Waals surface area (Å²) in [6.45, 7) is -1.42. The molecule has 0 aliphatic heterocycles. The number of benzene rings is 2. The van der Waals surface area contributed by atoms with E-state index in [2.05, 4.69) is 20.4 Å². The van der Waals surface area contributed by atoms with Crippen molar-refractivity contribution in [1.82, 2.24) is 15.5 Å². The lowest BCUT2D eigenvalue weighted by atomic mass is 10.2. The fourth-order valence-corrected chi connectivity index (χ4v) is 2.70. The van der Waals surface area contributed by atoms with E-state index < -0.39 is 6.61 Å². The van der Waals surface area contributed by atoms with Gasteiger partial charge in [0.15, 0.2) is 5.96 Å². The molecule has 0 saturated carbocycles. The highest BCUT2D eigenvalue weighted by Gasteiger charge is 2.09. The highest BCUT2D eigenvalue weighted by molar-refractivity contribution is 14.0. The first-order chi connectivity index (χ1) is 14.4. The van der Waals surface area contributed by atoms with E-state index in [0.29, 0.717) is 36.9 Å². The number of rotatable bonds is 9. The van der Waals surface area contributed by atoms with Gasteiger partial charge in [0.05, 0.1) is 7.11 Å². The van der Waals surface area contributed by atoms with Gasteiger partial charge in [-0.1, -0.05) is 12.1 Å². The Hall–Kier alpha value is -2.63. The molecule has 0 saturated heterocycles. The number of alkyl halides is 2. The molecule has 170 valence electrons. The lowest BCUT2D eigenvalue weighted by Gasteiger charge is -2.22. The first kappa shape index (κ1) is 26.4. The van der Waals surface area contributed by atoms with E-state index in [1.165, 1.54) is 12.1 Å². The van der Waals surface area contributed by atoms with Gasteiger partial charge in [0, 0.05) is 39.3 Å². The van der Waals surface area contributed by atoms with Crippen LogP contribution in [-0.4, -0.2) is 57.7 Å². The minimum atomic E-state index is -2.84. The second-order valence-corrected chi connectivity index (χ2v) is 6.34.